The second kappa shape index (κ2) is 3.79. The number of anilines is 1. The second-order valence-electron chi connectivity index (χ2n) is 3.05. The summed E-state index contributed by atoms with van der Waals surface area (Å²) in [6, 6.07) is 3.82. The van der Waals surface area contributed by atoms with Gasteiger partial charge in [-0.05, 0) is 6.07 Å². The molecule has 1 fully saturated rings. The lowest BCUT2D eigenvalue weighted by atomic mass is 9.99. The van der Waals surface area contributed by atoms with Crippen LogP contribution in [-0.2, 0) is 4.74 Å². The first-order valence-electron chi connectivity index (χ1n) is 4.40. The summed E-state index contributed by atoms with van der Waals surface area (Å²) in [6.45, 7) is 3.39. The quantitative estimate of drug-likeness (QED) is 0.547. The Labute approximate surface area is 79.1 Å². The van der Waals surface area contributed by atoms with Gasteiger partial charge in [-0.25, -0.2) is 4.98 Å². The number of nitrogens with zero attached hydrogens (tertiary/aromatic N) is 2. The lowest BCUT2D eigenvalue weighted by molar-refractivity contribution is 0.122. The van der Waals surface area contributed by atoms with Gasteiger partial charge in [0.15, 0.2) is 0 Å². The highest BCUT2D eigenvalue weighted by molar-refractivity contribution is 6.32. The smallest absolute Gasteiger partial charge is 0.128 e. The van der Waals surface area contributed by atoms with E-state index in [4.69, 9.17) is 12.6 Å². The zero-order valence-corrected chi connectivity index (χ0v) is 7.44. The number of hydrogen-bond donors (Lipinski definition) is 0. The van der Waals surface area contributed by atoms with Crippen LogP contribution in [0.15, 0.2) is 18.3 Å². The zero-order chi connectivity index (χ0) is 9.10. The Morgan fingerprint density at radius 2 is 2.08 bits per heavy atom. The van der Waals surface area contributed by atoms with Crippen molar-refractivity contribution in [1.82, 2.24) is 4.98 Å². The van der Waals surface area contributed by atoms with E-state index in [0.29, 0.717) is 5.46 Å². The summed E-state index contributed by atoms with van der Waals surface area (Å²) < 4.78 is 5.25. The third-order valence-electron chi connectivity index (χ3n) is 2.11. The van der Waals surface area contributed by atoms with Crippen molar-refractivity contribution in [3.05, 3.63) is 18.3 Å². The number of pyridine rings is 1. The van der Waals surface area contributed by atoms with E-state index in [9.17, 15) is 0 Å². The van der Waals surface area contributed by atoms with Gasteiger partial charge in [-0.1, -0.05) is 11.5 Å². The summed E-state index contributed by atoms with van der Waals surface area (Å²) >= 11 is 0. The lowest BCUT2D eigenvalue weighted by Gasteiger charge is -2.27. The minimum atomic E-state index is 0.706. The molecule has 0 N–H and O–H groups in total. The number of ether oxygens (including phenoxy) is 1. The molecule has 0 spiro atoms. The monoisotopic (exact) mass is 174 g/mol. The van der Waals surface area contributed by atoms with Crippen LogP contribution in [0.3, 0.4) is 0 Å². The van der Waals surface area contributed by atoms with Crippen LogP contribution >= 0.6 is 0 Å². The van der Waals surface area contributed by atoms with Crippen LogP contribution in [0.1, 0.15) is 0 Å². The van der Waals surface area contributed by atoms with Crippen molar-refractivity contribution in [2.75, 3.05) is 31.2 Å². The minimum Gasteiger partial charge on any atom is -0.378 e. The van der Waals surface area contributed by atoms with E-state index in [-0.39, 0.29) is 0 Å². The standard InChI is InChI=1S/C9H11BN2O/c10-8-1-2-9(11-7-8)12-3-5-13-6-4-12/h1-2,7H,3-6H2. The Morgan fingerprint density at radius 3 is 2.69 bits per heavy atom. The fraction of sp³-hybridized carbons (Fsp3) is 0.444. The SMILES string of the molecule is [B]c1ccc(N2CCOCC2)nc1. The van der Waals surface area contributed by atoms with Crippen molar-refractivity contribution in [2.45, 2.75) is 0 Å². The van der Waals surface area contributed by atoms with Crippen LogP contribution in [0.2, 0.25) is 0 Å². The summed E-state index contributed by atoms with van der Waals surface area (Å²) in [5.74, 6) is 0.984. The van der Waals surface area contributed by atoms with Gasteiger partial charge in [-0.3, -0.25) is 0 Å². The molecule has 2 radical (unpaired) electrons. The van der Waals surface area contributed by atoms with Crippen molar-refractivity contribution in [3.8, 4) is 0 Å². The second-order valence-corrected chi connectivity index (χ2v) is 3.05. The van der Waals surface area contributed by atoms with Gasteiger partial charge in [-0.15, -0.1) is 0 Å². The Bertz CT molecular complexity index is 269. The van der Waals surface area contributed by atoms with Crippen molar-refractivity contribution in [3.63, 3.8) is 0 Å². The lowest BCUT2D eigenvalue weighted by Crippen LogP contribution is -2.36. The summed E-state index contributed by atoms with van der Waals surface area (Å²) in [5.41, 5.74) is 0.706. The fourth-order valence-electron chi connectivity index (χ4n) is 1.38. The summed E-state index contributed by atoms with van der Waals surface area (Å²) in [7, 11) is 5.55. The first-order chi connectivity index (χ1) is 6.36. The van der Waals surface area contributed by atoms with E-state index in [1.165, 1.54) is 0 Å². The molecule has 0 unspecified atom stereocenters. The molecule has 3 nitrogen and oxygen atoms in total. The molecule has 0 bridgehead atoms. The molecule has 1 aliphatic heterocycles. The molecule has 4 heteroatoms. The molecule has 13 heavy (non-hydrogen) atoms. The van der Waals surface area contributed by atoms with Crippen molar-refractivity contribution < 1.29 is 4.74 Å². The summed E-state index contributed by atoms with van der Waals surface area (Å²) in [5, 5.41) is 0. The highest BCUT2D eigenvalue weighted by atomic mass is 16.5. The molecule has 1 aliphatic rings. The Kier molecular flexibility index (Phi) is 2.50. The highest BCUT2D eigenvalue weighted by Gasteiger charge is 2.11. The van der Waals surface area contributed by atoms with Crippen LogP contribution in [0, 0.1) is 0 Å². The molecule has 0 aliphatic carbocycles. The van der Waals surface area contributed by atoms with E-state index in [1.807, 2.05) is 12.1 Å². The van der Waals surface area contributed by atoms with Crippen molar-refractivity contribution in [2.24, 2.45) is 0 Å². The number of aromatic nitrogens is 1. The van der Waals surface area contributed by atoms with Crippen LogP contribution in [0.5, 0.6) is 0 Å². The molecule has 2 rings (SSSR count). The van der Waals surface area contributed by atoms with Gasteiger partial charge in [0.1, 0.15) is 13.7 Å². The van der Waals surface area contributed by atoms with E-state index in [2.05, 4.69) is 9.88 Å². The van der Waals surface area contributed by atoms with Crippen molar-refractivity contribution >= 4 is 19.1 Å². The van der Waals surface area contributed by atoms with Gasteiger partial charge < -0.3 is 9.64 Å². The van der Waals surface area contributed by atoms with Crippen LogP contribution in [0.25, 0.3) is 0 Å². The first kappa shape index (κ1) is 8.57. The van der Waals surface area contributed by atoms with Gasteiger partial charge in [0.2, 0.25) is 0 Å². The van der Waals surface area contributed by atoms with Gasteiger partial charge in [0.05, 0.1) is 13.2 Å². The summed E-state index contributed by atoms with van der Waals surface area (Å²) in [6.07, 6.45) is 1.69. The Hall–Kier alpha value is -1.03. The Morgan fingerprint density at radius 1 is 1.31 bits per heavy atom. The molecular formula is C9H11BN2O. The van der Waals surface area contributed by atoms with E-state index in [1.54, 1.807) is 6.20 Å². The molecule has 0 atom stereocenters. The molecule has 0 aromatic carbocycles. The largest absolute Gasteiger partial charge is 0.378 e. The predicted octanol–water partition coefficient (Wildman–Crippen LogP) is -0.288. The Balaban J connectivity index is 2.10. The van der Waals surface area contributed by atoms with Gasteiger partial charge >= 0.3 is 0 Å². The van der Waals surface area contributed by atoms with E-state index >= 15 is 0 Å². The number of hydrogen-bond acceptors (Lipinski definition) is 3. The zero-order valence-electron chi connectivity index (χ0n) is 7.44. The average molecular weight is 174 g/mol. The third-order valence-corrected chi connectivity index (χ3v) is 2.11. The predicted molar refractivity (Wildman–Crippen MR) is 52.7 cm³/mol. The van der Waals surface area contributed by atoms with Crippen LogP contribution in [0.4, 0.5) is 5.82 Å². The van der Waals surface area contributed by atoms with Gasteiger partial charge in [-0.2, -0.15) is 0 Å². The maximum Gasteiger partial charge on any atom is 0.128 e. The maximum absolute atomic E-state index is 5.55. The maximum atomic E-state index is 5.55. The normalized spacial score (nSPS) is 17.4. The first-order valence-corrected chi connectivity index (χ1v) is 4.40. The molecular weight excluding hydrogens is 163 g/mol. The molecule has 1 saturated heterocycles. The average Bonchev–Trinajstić information content (AvgIpc) is 2.20. The molecule has 0 amide bonds. The summed E-state index contributed by atoms with van der Waals surface area (Å²) in [4.78, 5) is 6.44. The molecule has 0 saturated carbocycles. The molecule has 1 aromatic rings. The third kappa shape index (κ3) is 2.01. The van der Waals surface area contributed by atoms with Crippen LogP contribution in [-0.4, -0.2) is 39.1 Å². The van der Waals surface area contributed by atoms with Crippen molar-refractivity contribution in [1.29, 1.82) is 0 Å². The van der Waals surface area contributed by atoms with E-state index < -0.39 is 0 Å². The van der Waals surface area contributed by atoms with Gasteiger partial charge in [0, 0.05) is 19.3 Å². The highest BCUT2D eigenvalue weighted by Crippen LogP contribution is 2.09. The topological polar surface area (TPSA) is 25.4 Å². The molecule has 66 valence electrons. The molecule has 1 aromatic heterocycles. The fourth-order valence-corrected chi connectivity index (χ4v) is 1.38. The van der Waals surface area contributed by atoms with E-state index in [0.717, 1.165) is 32.1 Å². The molecule has 2 heterocycles. The van der Waals surface area contributed by atoms with Gasteiger partial charge in [0.25, 0.3) is 0 Å². The number of morpholine rings is 1. The number of rotatable bonds is 1. The minimum absolute atomic E-state index is 0.706. The van der Waals surface area contributed by atoms with Crippen LogP contribution < -0.4 is 10.4 Å².